The zero-order chi connectivity index (χ0) is 14.1. The average Bonchev–Trinajstić information content (AvgIpc) is 2.33. The van der Waals surface area contributed by atoms with Gasteiger partial charge in [-0.1, -0.05) is 23.2 Å². The van der Waals surface area contributed by atoms with Crippen molar-refractivity contribution in [3.05, 3.63) is 28.0 Å². The molecule has 0 aliphatic carbocycles. The van der Waals surface area contributed by atoms with E-state index >= 15 is 0 Å². The predicted octanol–water partition coefficient (Wildman–Crippen LogP) is 2.52. The van der Waals surface area contributed by atoms with Crippen LogP contribution in [0.15, 0.2) is 17.0 Å². The minimum atomic E-state index is -3.90. The average molecular weight is 352 g/mol. The van der Waals surface area contributed by atoms with Gasteiger partial charge in [-0.15, -0.1) is 12.4 Å². The molecular weight excluding hydrogens is 338 g/mol. The van der Waals surface area contributed by atoms with E-state index in [1.165, 1.54) is 13.1 Å². The van der Waals surface area contributed by atoms with E-state index in [1.807, 2.05) is 0 Å². The van der Waals surface area contributed by atoms with Gasteiger partial charge in [0.2, 0.25) is 10.0 Å². The number of hydrogen-bond acceptors (Lipinski definition) is 3. The molecule has 0 radical (unpaired) electrons. The molecule has 2 N–H and O–H groups in total. The summed E-state index contributed by atoms with van der Waals surface area (Å²) in [5.41, 5.74) is 5.41. The third-order valence-corrected chi connectivity index (χ3v) is 5.41. The monoisotopic (exact) mass is 350 g/mol. The molecule has 1 unspecified atom stereocenters. The molecule has 0 aliphatic rings. The summed E-state index contributed by atoms with van der Waals surface area (Å²) in [6.45, 7) is 1.78. The van der Waals surface area contributed by atoms with Crippen molar-refractivity contribution in [1.82, 2.24) is 4.31 Å². The Morgan fingerprint density at radius 1 is 1.42 bits per heavy atom. The molecule has 0 heterocycles. The highest BCUT2D eigenvalue weighted by molar-refractivity contribution is 7.89. The van der Waals surface area contributed by atoms with Crippen LogP contribution in [0.3, 0.4) is 0 Å². The summed E-state index contributed by atoms with van der Waals surface area (Å²) in [6.07, 6.45) is 0. The Kier molecular flexibility index (Phi) is 7.02. The molecule has 0 saturated heterocycles. The summed E-state index contributed by atoms with van der Waals surface area (Å²) < 4.78 is 38.9. The SMILES string of the molecule is CC(CN)N(C)S(=O)(=O)c1ccc(Cl)c(F)c1Cl.Cl. The maximum absolute atomic E-state index is 13.5. The van der Waals surface area contributed by atoms with Crippen molar-refractivity contribution in [2.75, 3.05) is 13.6 Å². The summed E-state index contributed by atoms with van der Waals surface area (Å²) in [6, 6.07) is 1.89. The topological polar surface area (TPSA) is 63.4 Å². The number of rotatable bonds is 4. The first-order valence-electron chi connectivity index (χ1n) is 5.05. The fourth-order valence-corrected chi connectivity index (χ4v) is 3.34. The number of halogens is 4. The first kappa shape index (κ1) is 18.9. The fraction of sp³-hybridized carbons (Fsp3) is 0.400. The van der Waals surface area contributed by atoms with Crippen LogP contribution in [-0.4, -0.2) is 32.4 Å². The summed E-state index contributed by atoms with van der Waals surface area (Å²) >= 11 is 11.2. The quantitative estimate of drug-likeness (QED) is 0.848. The second-order valence-electron chi connectivity index (χ2n) is 3.78. The Morgan fingerprint density at radius 3 is 2.42 bits per heavy atom. The van der Waals surface area contributed by atoms with E-state index in [0.717, 1.165) is 10.4 Å². The lowest BCUT2D eigenvalue weighted by molar-refractivity contribution is 0.394. The molecule has 19 heavy (non-hydrogen) atoms. The molecule has 0 amide bonds. The van der Waals surface area contributed by atoms with E-state index < -0.39 is 26.9 Å². The smallest absolute Gasteiger partial charge is 0.244 e. The van der Waals surface area contributed by atoms with Crippen LogP contribution < -0.4 is 5.73 Å². The highest BCUT2D eigenvalue weighted by atomic mass is 35.5. The minimum Gasteiger partial charge on any atom is -0.329 e. The van der Waals surface area contributed by atoms with E-state index in [-0.39, 0.29) is 28.9 Å². The molecule has 4 nitrogen and oxygen atoms in total. The number of benzene rings is 1. The van der Waals surface area contributed by atoms with Gasteiger partial charge >= 0.3 is 0 Å². The van der Waals surface area contributed by atoms with E-state index in [0.29, 0.717) is 0 Å². The first-order chi connectivity index (χ1) is 8.23. The van der Waals surface area contributed by atoms with Gasteiger partial charge < -0.3 is 5.73 Å². The number of sulfonamides is 1. The molecule has 0 aromatic heterocycles. The van der Waals surface area contributed by atoms with Crippen molar-refractivity contribution >= 4 is 45.6 Å². The third kappa shape index (κ3) is 3.71. The van der Waals surface area contributed by atoms with Crippen molar-refractivity contribution in [2.45, 2.75) is 17.9 Å². The standard InChI is InChI=1S/C10H13Cl2FN2O2S.ClH/c1-6(5-14)15(2)18(16,17)8-4-3-7(11)10(13)9(8)12;/h3-4,6H,5,14H2,1-2H3;1H. The van der Waals surface area contributed by atoms with Gasteiger partial charge in [-0.25, -0.2) is 12.8 Å². The van der Waals surface area contributed by atoms with Crippen molar-refractivity contribution in [3.8, 4) is 0 Å². The number of likely N-dealkylation sites (N-methyl/N-ethyl adjacent to an activating group) is 1. The van der Waals surface area contributed by atoms with E-state index in [2.05, 4.69) is 0 Å². The zero-order valence-corrected chi connectivity index (χ0v) is 13.4. The van der Waals surface area contributed by atoms with E-state index in [1.54, 1.807) is 6.92 Å². The summed E-state index contributed by atoms with van der Waals surface area (Å²) in [7, 11) is -2.54. The fourth-order valence-electron chi connectivity index (χ4n) is 1.25. The molecule has 110 valence electrons. The Hall–Kier alpha value is -0.110. The molecule has 0 saturated carbocycles. The number of nitrogens with zero attached hydrogens (tertiary/aromatic N) is 1. The lowest BCUT2D eigenvalue weighted by Crippen LogP contribution is -2.39. The molecule has 1 aromatic carbocycles. The van der Waals surface area contributed by atoms with Gasteiger partial charge in [0, 0.05) is 19.6 Å². The van der Waals surface area contributed by atoms with Gasteiger partial charge in [0.05, 0.1) is 10.0 Å². The maximum atomic E-state index is 13.5. The second kappa shape index (κ2) is 7.06. The van der Waals surface area contributed by atoms with Crippen molar-refractivity contribution in [3.63, 3.8) is 0 Å². The number of hydrogen-bond donors (Lipinski definition) is 1. The highest BCUT2D eigenvalue weighted by Gasteiger charge is 2.28. The van der Waals surface area contributed by atoms with Gasteiger partial charge in [-0.3, -0.25) is 0 Å². The molecule has 1 atom stereocenters. The van der Waals surface area contributed by atoms with Crippen LogP contribution in [0.25, 0.3) is 0 Å². The Balaban J connectivity index is 0.00000324. The van der Waals surface area contributed by atoms with Gasteiger partial charge in [0.25, 0.3) is 0 Å². The van der Waals surface area contributed by atoms with E-state index in [4.69, 9.17) is 28.9 Å². The highest BCUT2D eigenvalue weighted by Crippen LogP contribution is 2.31. The van der Waals surface area contributed by atoms with Crippen LogP contribution >= 0.6 is 35.6 Å². The molecule has 1 rings (SSSR count). The molecule has 0 fully saturated rings. The van der Waals surface area contributed by atoms with Crippen LogP contribution in [0, 0.1) is 5.82 Å². The molecule has 0 aliphatic heterocycles. The Labute approximate surface area is 128 Å². The summed E-state index contributed by atoms with van der Waals surface area (Å²) in [5.74, 6) is -0.951. The summed E-state index contributed by atoms with van der Waals surface area (Å²) in [5, 5.41) is -0.743. The zero-order valence-electron chi connectivity index (χ0n) is 10.2. The lowest BCUT2D eigenvalue weighted by atomic mass is 10.3. The Morgan fingerprint density at radius 2 is 1.95 bits per heavy atom. The van der Waals surface area contributed by atoms with Crippen LogP contribution in [0.2, 0.25) is 10.0 Å². The van der Waals surface area contributed by atoms with Gasteiger partial charge in [0.15, 0.2) is 5.82 Å². The van der Waals surface area contributed by atoms with Crippen molar-refractivity contribution in [1.29, 1.82) is 0 Å². The van der Waals surface area contributed by atoms with Crippen LogP contribution in [0.1, 0.15) is 6.92 Å². The molecule has 9 heteroatoms. The molecular formula is C10H14Cl3FN2O2S. The first-order valence-corrected chi connectivity index (χ1v) is 7.24. The second-order valence-corrected chi connectivity index (χ2v) is 6.53. The minimum absolute atomic E-state index is 0. The predicted molar refractivity (Wildman–Crippen MR) is 77.1 cm³/mol. The third-order valence-electron chi connectivity index (χ3n) is 2.62. The van der Waals surface area contributed by atoms with E-state index in [9.17, 15) is 12.8 Å². The van der Waals surface area contributed by atoms with Gasteiger partial charge in [-0.05, 0) is 19.1 Å². The van der Waals surface area contributed by atoms with Gasteiger partial charge in [-0.2, -0.15) is 4.31 Å². The van der Waals surface area contributed by atoms with Crippen LogP contribution in [0.5, 0.6) is 0 Å². The van der Waals surface area contributed by atoms with Gasteiger partial charge in [0.1, 0.15) is 4.90 Å². The lowest BCUT2D eigenvalue weighted by Gasteiger charge is -2.23. The Bertz CT molecular complexity index is 554. The van der Waals surface area contributed by atoms with Crippen LogP contribution in [-0.2, 0) is 10.0 Å². The normalized spacial score (nSPS) is 13.2. The molecule has 0 bridgehead atoms. The van der Waals surface area contributed by atoms with Crippen LogP contribution in [0.4, 0.5) is 4.39 Å². The largest absolute Gasteiger partial charge is 0.329 e. The number of nitrogens with two attached hydrogens (primary N) is 1. The maximum Gasteiger partial charge on any atom is 0.244 e. The molecule has 0 spiro atoms. The van der Waals surface area contributed by atoms with Crippen molar-refractivity contribution < 1.29 is 12.8 Å². The molecule has 1 aromatic rings. The van der Waals surface area contributed by atoms with Crippen molar-refractivity contribution in [2.24, 2.45) is 5.73 Å². The summed E-state index contributed by atoms with van der Waals surface area (Å²) in [4.78, 5) is -0.325.